The molecule has 0 fully saturated rings. The first-order valence-electron chi connectivity index (χ1n) is 16.6. The second-order valence-electron chi connectivity index (χ2n) is 12.7. The van der Waals surface area contributed by atoms with Gasteiger partial charge in [0.05, 0.1) is 5.39 Å². The molecule has 0 unspecified atom stereocenters. The molecular weight excluding hydrogens is 601 g/mol. The largest absolute Gasteiger partial charge is 0.456 e. The van der Waals surface area contributed by atoms with Crippen LogP contribution in [0.15, 0.2) is 171 Å². The Kier molecular flexibility index (Phi) is 5.38. The molecule has 0 spiro atoms. The Labute approximate surface area is 280 Å². The molecule has 0 saturated heterocycles. The Bertz CT molecular complexity index is 3040. The molecule has 11 aromatic rings. The molecule has 11 rings (SSSR count). The summed E-state index contributed by atoms with van der Waals surface area (Å²) in [5.41, 5.74) is 9.80. The summed E-state index contributed by atoms with van der Waals surface area (Å²) < 4.78 is 20.0. The zero-order valence-electron chi connectivity index (χ0n) is 26.2. The third-order valence-electron chi connectivity index (χ3n) is 10.1. The fraction of sp³-hybridized carbons (Fsp3) is 0. The predicted molar refractivity (Wildman–Crippen MR) is 202 cm³/mol. The van der Waals surface area contributed by atoms with E-state index in [1.807, 2.05) is 30.3 Å². The minimum Gasteiger partial charge on any atom is -0.456 e. The van der Waals surface area contributed by atoms with Crippen molar-refractivity contribution in [1.82, 2.24) is 0 Å². The van der Waals surface area contributed by atoms with Crippen LogP contribution in [0, 0.1) is 0 Å². The van der Waals surface area contributed by atoms with Gasteiger partial charge >= 0.3 is 0 Å². The van der Waals surface area contributed by atoms with E-state index >= 15 is 0 Å². The molecule has 0 aliphatic carbocycles. The minimum absolute atomic E-state index is 0.817. The van der Waals surface area contributed by atoms with Gasteiger partial charge in [-0.1, -0.05) is 133 Å². The summed E-state index contributed by atoms with van der Waals surface area (Å²) in [7, 11) is 0. The molecule has 228 valence electrons. The Morgan fingerprint density at radius 3 is 1.57 bits per heavy atom. The smallest absolute Gasteiger partial charge is 0.147 e. The van der Waals surface area contributed by atoms with Crippen LogP contribution in [0.25, 0.3) is 110 Å². The van der Waals surface area contributed by atoms with Crippen molar-refractivity contribution in [2.45, 2.75) is 0 Å². The quantitative estimate of drug-likeness (QED) is 0.183. The van der Waals surface area contributed by atoms with E-state index in [1.165, 1.54) is 0 Å². The highest BCUT2D eigenvalue weighted by atomic mass is 16.3. The molecular formula is C46H26O3. The van der Waals surface area contributed by atoms with E-state index in [4.69, 9.17) is 13.3 Å². The van der Waals surface area contributed by atoms with Gasteiger partial charge in [-0.25, -0.2) is 0 Å². The molecule has 0 saturated carbocycles. The summed E-state index contributed by atoms with van der Waals surface area (Å²) in [4.78, 5) is 0. The third-order valence-corrected chi connectivity index (χ3v) is 10.1. The molecule has 0 amide bonds. The summed E-state index contributed by atoms with van der Waals surface area (Å²) in [6.45, 7) is 0. The van der Waals surface area contributed by atoms with E-state index in [0.29, 0.717) is 0 Å². The molecule has 0 aliphatic heterocycles. The van der Waals surface area contributed by atoms with Crippen LogP contribution in [0.3, 0.4) is 0 Å². The summed E-state index contributed by atoms with van der Waals surface area (Å²) >= 11 is 0. The van der Waals surface area contributed by atoms with Gasteiger partial charge in [-0.2, -0.15) is 0 Å². The number of para-hydroxylation sites is 3. The van der Waals surface area contributed by atoms with E-state index in [9.17, 15) is 0 Å². The van der Waals surface area contributed by atoms with Crippen molar-refractivity contribution in [1.29, 1.82) is 0 Å². The number of fused-ring (bicyclic) bond motifs is 10. The van der Waals surface area contributed by atoms with Gasteiger partial charge < -0.3 is 13.3 Å². The van der Waals surface area contributed by atoms with Crippen molar-refractivity contribution >= 4 is 76.4 Å². The number of hydrogen-bond donors (Lipinski definition) is 0. The van der Waals surface area contributed by atoms with Crippen molar-refractivity contribution < 1.29 is 13.3 Å². The first-order chi connectivity index (χ1) is 24.3. The normalized spacial score (nSPS) is 12.1. The summed E-state index contributed by atoms with van der Waals surface area (Å²) in [5.74, 6) is 0.843. The van der Waals surface area contributed by atoms with Gasteiger partial charge in [0.15, 0.2) is 0 Å². The maximum Gasteiger partial charge on any atom is 0.147 e. The number of rotatable bonds is 3. The Balaban J connectivity index is 1.32. The minimum atomic E-state index is 0.817. The van der Waals surface area contributed by atoms with Crippen LogP contribution in [0.1, 0.15) is 0 Å². The second kappa shape index (κ2) is 9.96. The van der Waals surface area contributed by atoms with Crippen molar-refractivity contribution in [3.63, 3.8) is 0 Å². The van der Waals surface area contributed by atoms with Crippen LogP contribution in [0.2, 0.25) is 0 Å². The molecule has 0 aliphatic rings. The van der Waals surface area contributed by atoms with Gasteiger partial charge in [0.2, 0.25) is 0 Å². The molecule has 0 radical (unpaired) electrons. The Morgan fingerprint density at radius 2 is 0.857 bits per heavy atom. The average molecular weight is 627 g/mol. The highest BCUT2D eigenvalue weighted by Gasteiger charge is 2.27. The Hall–Kier alpha value is -6.58. The van der Waals surface area contributed by atoms with Gasteiger partial charge in [-0.15, -0.1) is 0 Å². The number of benzene rings is 8. The fourth-order valence-corrected chi connectivity index (χ4v) is 8.04. The molecule has 49 heavy (non-hydrogen) atoms. The van der Waals surface area contributed by atoms with E-state index in [-0.39, 0.29) is 0 Å². The monoisotopic (exact) mass is 626 g/mol. The summed E-state index contributed by atoms with van der Waals surface area (Å²) in [6.07, 6.45) is 0. The highest BCUT2D eigenvalue weighted by Crippen LogP contribution is 2.52. The van der Waals surface area contributed by atoms with Crippen molar-refractivity contribution in [3.8, 4) is 33.6 Å². The van der Waals surface area contributed by atoms with Crippen LogP contribution in [-0.2, 0) is 0 Å². The van der Waals surface area contributed by atoms with Crippen molar-refractivity contribution in [2.75, 3.05) is 0 Å². The maximum atomic E-state index is 7.05. The highest BCUT2D eigenvalue weighted by molar-refractivity contribution is 6.29. The van der Waals surface area contributed by atoms with Crippen LogP contribution in [0.5, 0.6) is 0 Å². The lowest BCUT2D eigenvalue weighted by atomic mass is 9.84. The SMILES string of the molecule is c1ccc(-c2oc3c(ccc4oc5ccccc5c43)c2-c2c3ccccc3c(-c3cccc4c3oc3ccccc34)c3ccccc23)cc1. The van der Waals surface area contributed by atoms with Crippen LogP contribution >= 0.6 is 0 Å². The van der Waals surface area contributed by atoms with Crippen molar-refractivity contribution in [3.05, 3.63) is 158 Å². The van der Waals surface area contributed by atoms with Gasteiger partial charge in [0.1, 0.15) is 33.7 Å². The lowest BCUT2D eigenvalue weighted by Gasteiger charge is -2.18. The molecule has 0 bridgehead atoms. The van der Waals surface area contributed by atoms with E-state index < -0.39 is 0 Å². The molecule has 3 heteroatoms. The summed E-state index contributed by atoms with van der Waals surface area (Å²) in [6, 6.07) is 55.2. The molecule has 0 N–H and O–H groups in total. The second-order valence-corrected chi connectivity index (χ2v) is 12.7. The zero-order chi connectivity index (χ0) is 32.1. The Morgan fingerprint density at radius 1 is 0.286 bits per heavy atom. The number of hydrogen-bond acceptors (Lipinski definition) is 3. The van der Waals surface area contributed by atoms with Gasteiger partial charge in [-0.05, 0) is 45.8 Å². The summed E-state index contributed by atoms with van der Waals surface area (Å²) in [5, 5.41) is 9.97. The topological polar surface area (TPSA) is 39.4 Å². The van der Waals surface area contributed by atoms with E-state index in [2.05, 4.69) is 127 Å². The fourth-order valence-electron chi connectivity index (χ4n) is 8.04. The predicted octanol–water partition coefficient (Wildman–Crippen LogP) is 13.5. The maximum absolute atomic E-state index is 7.05. The first-order valence-corrected chi connectivity index (χ1v) is 16.6. The van der Waals surface area contributed by atoms with Crippen LogP contribution < -0.4 is 0 Å². The first kappa shape index (κ1) is 26.5. The molecule has 8 aromatic carbocycles. The average Bonchev–Trinajstić information content (AvgIpc) is 3.86. The molecule has 3 aromatic heterocycles. The zero-order valence-corrected chi connectivity index (χ0v) is 26.2. The van der Waals surface area contributed by atoms with Crippen LogP contribution in [0.4, 0.5) is 0 Å². The van der Waals surface area contributed by atoms with Gasteiger partial charge in [0.25, 0.3) is 0 Å². The van der Waals surface area contributed by atoms with Gasteiger partial charge in [0, 0.05) is 49.4 Å². The third kappa shape index (κ3) is 3.67. The van der Waals surface area contributed by atoms with Gasteiger partial charge in [-0.3, -0.25) is 0 Å². The molecule has 3 nitrogen and oxygen atoms in total. The molecule has 0 atom stereocenters. The number of furan rings is 3. The molecule has 3 heterocycles. The van der Waals surface area contributed by atoms with E-state index in [1.54, 1.807) is 0 Å². The van der Waals surface area contributed by atoms with Crippen molar-refractivity contribution in [2.24, 2.45) is 0 Å². The lowest BCUT2D eigenvalue weighted by Crippen LogP contribution is -1.92. The van der Waals surface area contributed by atoms with E-state index in [0.717, 1.165) is 110 Å². The van der Waals surface area contributed by atoms with Crippen LogP contribution in [-0.4, -0.2) is 0 Å². The lowest BCUT2D eigenvalue weighted by molar-refractivity contribution is 0.634. The standard InChI is InChI=1S/C46H26O3/c1-2-13-27(14-3-1)44-43(36-25-26-39-42(46(36)49-44)34-20-9-11-24-38(34)47-39)41-31-18-6-4-16-29(31)40(30-17-5-7-19-32(30)41)35-22-12-21-33-28-15-8-10-23-37(28)48-45(33)35/h1-26H.